The number of benzene rings is 1. The Morgan fingerprint density at radius 1 is 1.35 bits per heavy atom. The molecular weight excluding hydrogens is 230 g/mol. The molecule has 0 aromatic heterocycles. The molecule has 1 aliphatic rings. The lowest BCUT2D eigenvalue weighted by Gasteiger charge is -2.35. The van der Waals surface area contributed by atoms with E-state index in [-0.39, 0.29) is 5.56 Å². The molecule has 0 amide bonds. The van der Waals surface area contributed by atoms with Crippen molar-refractivity contribution in [1.82, 2.24) is 0 Å². The number of halogens is 2. The number of nitro benzene ring substituents is 1. The van der Waals surface area contributed by atoms with Crippen molar-refractivity contribution >= 4 is 5.69 Å². The van der Waals surface area contributed by atoms with Crippen molar-refractivity contribution in [2.24, 2.45) is 0 Å². The quantitative estimate of drug-likeness (QED) is 0.587. The fraction of sp³-hybridized carbons (Fsp3) is 0.364. The SMILES string of the molecule is N#CC1(c2cc(F)c(F)cc2[N+](=O)[O-])CCC1. The van der Waals surface area contributed by atoms with Gasteiger partial charge in [-0.3, -0.25) is 10.1 Å². The van der Waals surface area contributed by atoms with Gasteiger partial charge < -0.3 is 0 Å². The third kappa shape index (κ3) is 1.64. The van der Waals surface area contributed by atoms with Gasteiger partial charge in [0.05, 0.1) is 28.0 Å². The Morgan fingerprint density at radius 3 is 2.35 bits per heavy atom. The first kappa shape index (κ1) is 11.5. The molecule has 0 atom stereocenters. The first-order valence-electron chi connectivity index (χ1n) is 5.05. The Labute approximate surface area is 95.6 Å². The van der Waals surface area contributed by atoms with Gasteiger partial charge in [0, 0.05) is 0 Å². The first-order chi connectivity index (χ1) is 8.00. The van der Waals surface area contributed by atoms with E-state index in [0.29, 0.717) is 18.9 Å². The number of nitriles is 1. The summed E-state index contributed by atoms with van der Waals surface area (Å²) in [6.07, 6.45) is 1.63. The molecule has 0 aliphatic heterocycles. The summed E-state index contributed by atoms with van der Waals surface area (Å²) in [5.41, 5.74) is -1.57. The fourth-order valence-corrected chi connectivity index (χ4v) is 2.04. The van der Waals surface area contributed by atoms with Crippen LogP contribution in [0.15, 0.2) is 12.1 Å². The van der Waals surface area contributed by atoms with Gasteiger partial charge in [0.25, 0.3) is 5.69 Å². The summed E-state index contributed by atoms with van der Waals surface area (Å²) in [4.78, 5) is 10.0. The average Bonchev–Trinajstić information content (AvgIpc) is 2.21. The molecule has 0 heterocycles. The van der Waals surface area contributed by atoms with Crippen molar-refractivity contribution in [1.29, 1.82) is 5.26 Å². The third-order valence-electron chi connectivity index (χ3n) is 3.17. The lowest BCUT2D eigenvalue weighted by molar-refractivity contribution is -0.386. The highest BCUT2D eigenvalue weighted by molar-refractivity contribution is 5.50. The summed E-state index contributed by atoms with van der Waals surface area (Å²) in [6.45, 7) is 0. The number of nitrogens with zero attached hydrogens (tertiary/aromatic N) is 2. The Kier molecular flexibility index (Phi) is 2.54. The van der Waals surface area contributed by atoms with Crippen molar-refractivity contribution in [3.63, 3.8) is 0 Å². The minimum absolute atomic E-state index is 0.0184. The summed E-state index contributed by atoms with van der Waals surface area (Å²) in [6, 6.07) is 3.30. The van der Waals surface area contributed by atoms with E-state index in [9.17, 15) is 18.9 Å². The predicted molar refractivity (Wildman–Crippen MR) is 54.2 cm³/mol. The van der Waals surface area contributed by atoms with E-state index in [4.69, 9.17) is 5.26 Å². The van der Waals surface area contributed by atoms with Gasteiger partial charge in [-0.05, 0) is 25.3 Å². The molecule has 1 fully saturated rings. The predicted octanol–water partition coefficient (Wildman–Crippen LogP) is 2.82. The highest BCUT2D eigenvalue weighted by Gasteiger charge is 2.44. The number of rotatable bonds is 2. The van der Waals surface area contributed by atoms with Crippen LogP contribution in [0, 0.1) is 33.1 Å². The Morgan fingerprint density at radius 2 is 1.94 bits per heavy atom. The molecule has 0 unspecified atom stereocenters. The van der Waals surface area contributed by atoms with Crippen molar-refractivity contribution in [3.05, 3.63) is 39.4 Å². The number of hydrogen-bond donors (Lipinski definition) is 0. The van der Waals surface area contributed by atoms with Crippen LogP contribution in [0.2, 0.25) is 0 Å². The van der Waals surface area contributed by atoms with Gasteiger partial charge >= 0.3 is 0 Å². The first-order valence-corrected chi connectivity index (χ1v) is 5.05. The lowest BCUT2D eigenvalue weighted by Crippen LogP contribution is -2.33. The molecule has 17 heavy (non-hydrogen) atoms. The van der Waals surface area contributed by atoms with Crippen LogP contribution < -0.4 is 0 Å². The second-order valence-electron chi connectivity index (χ2n) is 4.09. The van der Waals surface area contributed by atoms with Crippen LogP contribution in [-0.4, -0.2) is 4.92 Å². The van der Waals surface area contributed by atoms with E-state index in [2.05, 4.69) is 0 Å². The van der Waals surface area contributed by atoms with Crippen LogP contribution in [0.4, 0.5) is 14.5 Å². The smallest absolute Gasteiger partial charge is 0.258 e. The van der Waals surface area contributed by atoms with Gasteiger partial charge in [0.15, 0.2) is 11.6 Å². The summed E-state index contributed by atoms with van der Waals surface area (Å²) in [5.74, 6) is -2.43. The largest absolute Gasteiger partial charge is 0.277 e. The molecule has 6 heteroatoms. The van der Waals surface area contributed by atoms with Crippen molar-refractivity contribution < 1.29 is 13.7 Å². The van der Waals surface area contributed by atoms with Crippen LogP contribution >= 0.6 is 0 Å². The van der Waals surface area contributed by atoms with Crippen LogP contribution in [0.25, 0.3) is 0 Å². The van der Waals surface area contributed by atoms with Gasteiger partial charge in [-0.1, -0.05) is 0 Å². The second kappa shape index (κ2) is 3.77. The summed E-state index contributed by atoms with van der Waals surface area (Å²) < 4.78 is 26.1. The Bertz CT molecular complexity index is 533. The highest BCUT2D eigenvalue weighted by atomic mass is 19.2. The summed E-state index contributed by atoms with van der Waals surface area (Å²) in [5, 5.41) is 19.9. The van der Waals surface area contributed by atoms with Crippen molar-refractivity contribution in [2.45, 2.75) is 24.7 Å². The summed E-state index contributed by atoms with van der Waals surface area (Å²) >= 11 is 0. The molecule has 0 radical (unpaired) electrons. The molecule has 0 saturated heterocycles. The molecule has 0 spiro atoms. The van der Waals surface area contributed by atoms with Crippen LogP contribution in [-0.2, 0) is 5.41 Å². The van der Waals surface area contributed by atoms with E-state index >= 15 is 0 Å². The zero-order chi connectivity index (χ0) is 12.6. The van der Waals surface area contributed by atoms with E-state index in [0.717, 1.165) is 12.5 Å². The molecule has 88 valence electrons. The molecule has 1 aliphatic carbocycles. The second-order valence-corrected chi connectivity index (χ2v) is 4.09. The number of nitro groups is 1. The maximum atomic E-state index is 13.1. The highest BCUT2D eigenvalue weighted by Crippen LogP contribution is 2.46. The van der Waals surface area contributed by atoms with Gasteiger partial charge in [0.2, 0.25) is 0 Å². The normalized spacial score (nSPS) is 17.0. The average molecular weight is 238 g/mol. The Hall–Kier alpha value is -2.03. The minimum atomic E-state index is -1.27. The molecule has 0 bridgehead atoms. The molecule has 0 N–H and O–H groups in total. The zero-order valence-corrected chi connectivity index (χ0v) is 8.74. The van der Waals surface area contributed by atoms with Gasteiger partial charge in [-0.2, -0.15) is 5.26 Å². The van der Waals surface area contributed by atoms with E-state index in [1.54, 1.807) is 0 Å². The molecular formula is C11H8F2N2O2. The zero-order valence-electron chi connectivity index (χ0n) is 8.74. The van der Waals surface area contributed by atoms with E-state index in [1.165, 1.54) is 0 Å². The van der Waals surface area contributed by atoms with Crippen molar-refractivity contribution in [3.8, 4) is 6.07 Å². The number of hydrogen-bond acceptors (Lipinski definition) is 3. The maximum Gasteiger partial charge on any atom is 0.277 e. The standard InChI is InChI=1S/C11H8F2N2O2/c12-8-4-7(11(6-14)2-1-3-11)10(15(16)17)5-9(8)13/h4-5H,1-3H2. The molecule has 1 aromatic rings. The van der Waals surface area contributed by atoms with Gasteiger partial charge in [-0.25, -0.2) is 8.78 Å². The van der Waals surface area contributed by atoms with E-state index in [1.807, 2.05) is 6.07 Å². The van der Waals surface area contributed by atoms with E-state index < -0.39 is 27.7 Å². The third-order valence-corrected chi connectivity index (χ3v) is 3.17. The lowest BCUT2D eigenvalue weighted by atomic mass is 9.65. The van der Waals surface area contributed by atoms with Crippen molar-refractivity contribution in [2.75, 3.05) is 0 Å². The summed E-state index contributed by atoms with van der Waals surface area (Å²) in [7, 11) is 0. The van der Waals surface area contributed by atoms with Gasteiger partial charge in [0.1, 0.15) is 0 Å². The van der Waals surface area contributed by atoms with Crippen LogP contribution in [0.3, 0.4) is 0 Å². The monoisotopic (exact) mass is 238 g/mol. The molecule has 1 aromatic carbocycles. The topological polar surface area (TPSA) is 66.9 Å². The van der Waals surface area contributed by atoms with Gasteiger partial charge in [-0.15, -0.1) is 0 Å². The Balaban J connectivity index is 2.64. The van der Waals surface area contributed by atoms with Crippen LogP contribution in [0.5, 0.6) is 0 Å². The molecule has 2 rings (SSSR count). The molecule has 4 nitrogen and oxygen atoms in total. The fourth-order valence-electron chi connectivity index (χ4n) is 2.04. The molecule has 1 saturated carbocycles. The maximum absolute atomic E-state index is 13.1. The minimum Gasteiger partial charge on any atom is -0.258 e. The van der Waals surface area contributed by atoms with Crippen LogP contribution in [0.1, 0.15) is 24.8 Å².